The molecule has 1 fully saturated rings. The highest BCUT2D eigenvalue weighted by molar-refractivity contribution is 5.90. The number of piperazine rings is 1. The monoisotopic (exact) mass is 324 g/mol. The van der Waals surface area contributed by atoms with Gasteiger partial charge >= 0.3 is 0 Å². The molecule has 0 aromatic heterocycles. The van der Waals surface area contributed by atoms with Crippen LogP contribution in [-0.2, 0) is 16.0 Å². The minimum atomic E-state index is -0.596. The van der Waals surface area contributed by atoms with Gasteiger partial charge in [0.05, 0.1) is 13.5 Å². The molecule has 2 amide bonds. The normalized spacial score (nSPS) is 17.3. The number of hydrogen-bond donors (Lipinski definition) is 1. The smallest absolute Gasteiger partial charge is 0.247 e. The number of amides is 2. The summed E-state index contributed by atoms with van der Waals surface area (Å²) in [6, 6.07) is 16.2. The largest absolute Gasteiger partial charge is 0.497 e. The second-order valence-electron chi connectivity index (χ2n) is 5.72. The molecule has 1 aliphatic heterocycles. The first-order valence-electron chi connectivity index (χ1n) is 7.94. The van der Waals surface area contributed by atoms with E-state index in [1.54, 1.807) is 24.1 Å². The molecular weight excluding hydrogens is 304 g/mol. The van der Waals surface area contributed by atoms with Crippen molar-refractivity contribution in [3.8, 4) is 5.75 Å². The van der Waals surface area contributed by atoms with Gasteiger partial charge < -0.3 is 15.0 Å². The van der Waals surface area contributed by atoms with Crippen LogP contribution in [0, 0.1) is 0 Å². The van der Waals surface area contributed by atoms with Gasteiger partial charge in [0.25, 0.3) is 0 Å². The molecule has 1 atom stereocenters. The van der Waals surface area contributed by atoms with Crippen molar-refractivity contribution in [3.05, 3.63) is 65.7 Å². The summed E-state index contributed by atoms with van der Waals surface area (Å²) < 4.78 is 5.16. The zero-order valence-electron chi connectivity index (χ0n) is 13.6. The Labute approximate surface area is 141 Å². The number of hydrogen-bond acceptors (Lipinski definition) is 3. The molecule has 1 unspecified atom stereocenters. The average molecular weight is 324 g/mol. The summed E-state index contributed by atoms with van der Waals surface area (Å²) in [5.41, 5.74) is 1.73. The summed E-state index contributed by atoms with van der Waals surface area (Å²) in [5, 5.41) is 2.84. The number of nitrogens with zero attached hydrogens (tertiary/aromatic N) is 1. The zero-order valence-corrected chi connectivity index (χ0v) is 13.6. The topological polar surface area (TPSA) is 58.6 Å². The average Bonchev–Trinajstić information content (AvgIpc) is 2.62. The van der Waals surface area contributed by atoms with Crippen molar-refractivity contribution in [2.45, 2.75) is 12.5 Å². The summed E-state index contributed by atoms with van der Waals surface area (Å²) in [6.07, 6.45) is 0.292. The maximum Gasteiger partial charge on any atom is 0.247 e. The van der Waals surface area contributed by atoms with Gasteiger partial charge in [0, 0.05) is 13.1 Å². The fourth-order valence-corrected chi connectivity index (χ4v) is 2.93. The molecular formula is C19H20N2O3. The molecule has 0 saturated carbocycles. The van der Waals surface area contributed by atoms with E-state index in [-0.39, 0.29) is 11.8 Å². The van der Waals surface area contributed by atoms with Crippen molar-refractivity contribution in [2.75, 3.05) is 20.2 Å². The van der Waals surface area contributed by atoms with Gasteiger partial charge in [-0.3, -0.25) is 9.59 Å². The van der Waals surface area contributed by atoms with Crippen LogP contribution in [0.4, 0.5) is 0 Å². The van der Waals surface area contributed by atoms with E-state index < -0.39 is 6.04 Å². The van der Waals surface area contributed by atoms with Crippen molar-refractivity contribution in [1.29, 1.82) is 0 Å². The molecule has 0 aliphatic carbocycles. The Hall–Kier alpha value is -2.82. The van der Waals surface area contributed by atoms with Crippen LogP contribution < -0.4 is 10.1 Å². The maximum atomic E-state index is 12.7. The van der Waals surface area contributed by atoms with Crippen molar-refractivity contribution < 1.29 is 14.3 Å². The summed E-state index contributed by atoms with van der Waals surface area (Å²) in [5.74, 6) is 0.529. The van der Waals surface area contributed by atoms with Gasteiger partial charge in [-0.05, 0) is 23.3 Å². The molecule has 0 radical (unpaired) electrons. The van der Waals surface area contributed by atoms with E-state index in [1.807, 2.05) is 42.5 Å². The fourth-order valence-electron chi connectivity index (χ4n) is 2.93. The van der Waals surface area contributed by atoms with Gasteiger partial charge in [0.15, 0.2) is 0 Å². The van der Waals surface area contributed by atoms with E-state index in [0.717, 1.165) is 16.9 Å². The SMILES string of the molecule is COc1ccc(C2C(=O)NCCN2C(=O)Cc2ccccc2)cc1. The molecule has 5 nitrogen and oxygen atoms in total. The van der Waals surface area contributed by atoms with E-state index in [9.17, 15) is 9.59 Å². The minimum absolute atomic E-state index is 0.0446. The van der Waals surface area contributed by atoms with Crippen molar-refractivity contribution in [1.82, 2.24) is 10.2 Å². The van der Waals surface area contributed by atoms with Crippen molar-refractivity contribution in [2.24, 2.45) is 0 Å². The van der Waals surface area contributed by atoms with Crippen LogP contribution >= 0.6 is 0 Å². The second kappa shape index (κ2) is 7.17. The molecule has 2 aromatic rings. The van der Waals surface area contributed by atoms with Gasteiger partial charge in [-0.15, -0.1) is 0 Å². The number of methoxy groups -OCH3 is 1. The van der Waals surface area contributed by atoms with E-state index in [4.69, 9.17) is 4.74 Å². The molecule has 1 saturated heterocycles. The van der Waals surface area contributed by atoms with Crippen LogP contribution in [0.25, 0.3) is 0 Å². The third kappa shape index (κ3) is 3.40. The first kappa shape index (κ1) is 16.1. The van der Waals surface area contributed by atoms with E-state index in [1.165, 1.54) is 0 Å². The molecule has 5 heteroatoms. The van der Waals surface area contributed by atoms with Gasteiger partial charge in [0.2, 0.25) is 11.8 Å². The Morgan fingerprint density at radius 2 is 1.88 bits per heavy atom. The highest BCUT2D eigenvalue weighted by atomic mass is 16.5. The third-order valence-electron chi connectivity index (χ3n) is 4.16. The lowest BCUT2D eigenvalue weighted by atomic mass is 10.0. The quantitative estimate of drug-likeness (QED) is 0.935. The number of benzene rings is 2. The standard InChI is InChI=1S/C19H20N2O3/c1-24-16-9-7-15(8-10-16)18-19(23)20-11-12-21(18)17(22)13-14-5-3-2-4-6-14/h2-10,18H,11-13H2,1H3,(H,20,23). The van der Waals surface area contributed by atoms with Gasteiger partial charge in [0.1, 0.15) is 11.8 Å². The number of ether oxygens (including phenoxy) is 1. The summed E-state index contributed by atoms with van der Waals surface area (Å²) in [4.78, 5) is 26.8. The van der Waals surface area contributed by atoms with Crippen LogP contribution in [0.2, 0.25) is 0 Å². The first-order valence-corrected chi connectivity index (χ1v) is 7.94. The predicted octanol–water partition coefficient (Wildman–Crippen LogP) is 1.94. The van der Waals surface area contributed by atoms with Crippen LogP contribution in [0.15, 0.2) is 54.6 Å². The number of rotatable bonds is 4. The van der Waals surface area contributed by atoms with Crippen LogP contribution in [-0.4, -0.2) is 36.9 Å². The first-order chi connectivity index (χ1) is 11.7. The van der Waals surface area contributed by atoms with Crippen LogP contribution in [0.5, 0.6) is 5.75 Å². The zero-order chi connectivity index (χ0) is 16.9. The lowest BCUT2D eigenvalue weighted by Gasteiger charge is -2.35. The Morgan fingerprint density at radius 1 is 1.17 bits per heavy atom. The Kier molecular flexibility index (Phi) is 4.79. The molecule has 2 aromatic carbocycles. The van der Waals surface area contributed by atoms with Gasteiger partial charge in [-0.25, -0.2) is 0 Å². The molecule has 24 heavy (non-hydrogen) atoms. The number of nitrogens with one attached hydrogen (secondary N) is 1. The highest BCUT2D eigenvalue weighted by Crippen LogP contribution is 2.26. The summed E-state index contributed by atoms with van der Waals surface area (Å²) in [7, 11) is 1.60. The van der Waals surface area contributed by atoms with Crippen molar-refractivity contribution in [3.63, 3.8) is 0 Å². The minimum Gasteiger partial charge on any atom is -0.497 e. The molecule has 0 bridgehead atoms. The van der Waals surface area contributed by atoms with E-state index in [2.05, 4.69) is 5.32 Å². The third-order valence-corrected chi connectivity index (χ3v) is 4.16. The Balaban J connectivity index is 1.83. The predicted molar refractivity (Wildman–Crippen MR) is 90.6 cm³/mol. The second-order valence-corrected chi connectivity index (χ2v) is 5.72. The maximum absolute atomic E-state index is 12.7. The Morgan fingerprint density at radius 3 is 2.54 bits per heavy atom. The lowest BCUT2D eigenvalue weighted by molar-refractivity contribution is -0.143. The highest BCUT2D eigenvalue weighted by Gasteiger charge is 2.34. The van der Waals surface area contributed by atoms with E-state index in [0.29, 0.717) is 19.5 Å². The van der Waals surface area contributed by atoms with Gasteiger partial charge in [-0.2, -0.15) is 0 Å². The van der Waals surface area contributed by atoms with Crippen LogP contribution in [0.1, 0.15) is 17.2 Å². The lowest BCUT2D eigenvalue weighted by Crippen LogP contribution is -2.52. The number of carbonyl (C=O) groups is 2. The molecule has 0 spiro atoms. The molecule has 1 aliphatic rings. The fraction of sp³-hybridized carbons (Fsp3) is 0.263. The number of carbonyl (C=O) groups excluding carboxylic acids is 2. The molecule has 1 N–H and O–H groups in total. The summed E-state index contributed by atoms with van der Waals surface area (Å²) >= 11 is 0. The molecule has 3 rings (SSSR count). The van der Waals surface area contributed by atoms with Crippen LogP contribution in [0.3, 0.4) is 0 Å². The van der Waals surface area contributed by atoms with Gasteiger partial charge in [-0.1, -0.05) is 42.5 Å². The molecule has 124 valence electrons. The Bertz CT molecular complexity index is 713. The van der Waals surface area contributed by atoms with Crippen molar-refractivity contribution >= 4 is 11.8 Å². The molecule has 1 heterocycles. The summed E-state index contributed by atoms with van der Waals surface area (Å²) in [6.45, 7) is 0.986. The van der Waals surface area contributed by atoms with E-state index >= 15 is 0 Å².